The topological polar surface area (TPSA) is 41.1 Å². The van der Waals surface area contributed by atoms with Crippen molar-refractivity contribution in [2.24, 2.45) is 0 Å². The maximum absolute atomic E-state index is 12.2. The molecule has 0 saturated carbocycles. The first-order valence-electron chi connectivity index (χ1n) is 5.92. The summed E-state index contributed by atoms with van der Waals surface area (Å²) in [6.07, 6.45) is 3.18. The van der Waals surface area contributed by atoms with Crippen molar-refractivity contribution >= 4 is 46.6 Å². The molecule has 5 heteroatoms. The molecular weight excluding hydrogens is 363 g/mol. The lowest BCUT2D eigenvalue weighted by atomic mass is 9.90. The standard InChI is InChI=1S/C13H17IN2O.ClH/c1-13(8-2-3-9-15-13)12(17)16-11-6-4-10(14)5-7-11;/h4-7,15H,2-3,8-9H2,1H3,(H,16,17);1H. The molecule has 0 aromatic heterocycles. The maximum atomic E-state index is 12.2. The molecule has 1 heterocycles. The highest BCUT2D eigenvalue weighted by molar-refractivity contribution is 14.1. The van der Waals surface area contributed by atoms with Gasteiger partial charge in [0.15, 0.2) is 0 Å². The van der Waals surface area contributed by atoms with Gasteiger partial charge in [0.2, 0.25) is 5.91 Å². The van der Waals surface area contributed by atoms with Crippen molar-refractivity contribution in [1.82, 2.24) is 5.32 Å². The van der Waals surface area contributed by atoms with Crippen LogP contribution in [0, 0.1) is 3.57 Å². The lowest BCUT2D eigenvalue weighted by Crippen LogP contribution is -2.54. The van der Waals surface area contributed by atoms with E-state index in [1.54, 1.807) is 0 Å². The Kier molecular flexibility index (Phi) is 5.88. The van der Waals surface area contributed by atoms with Gasteiger partial charge in [-0.05, 0) is 79.6 Å². The van der Waals surface area contributed by atoms with Crippen LogP contribution in [0.3, 0.4) is 0 Å². The monoisotopic (exact) mass is 380 g/mol. The van der Waals surface area contributed by atoms with E-state index in [9.17, 15) is 4.79 Å². The van der Waals surface area contributed by atoms with Crippen LogP contribution in [0.15, 0.2) is 24.3 Å². The molecule has 1 aromatic carbocycles. The highest BCUT2D eigenvalue weighted by Crippen LogP contribution is 2.21. The summed E-state index contributed by atoms with van der Waals surface area (Å²) in [5.41, 5.74) is 0.449. The van der Waals surface area contributed by atoms with Crippen LogP contribution in [0.2, 0.25) is 0 Å². The third kappa shape index (κ3) is 3.83. The minimum Gasteiger partial charge on any atom is -0.324 e. The zero-order valence-corrected chi connectivity index (χ0v) is 13.3. The average Bonchev–Trinajstić information content (AvgIpc) is 2.33. The Hall–Kier alpha value is -0.330. The lowest BCUT2D eigenvalue weighted by molar-refractivity contribution is -0.122. The van der Waals surface area contributed by atoms with Gasteiger partial charge in [0.05, 0.1) is 5.54 Å². The van der Waals surface area contributed by atoms with E-state index in [0.29, 0.717) is 0 Å². The molecule has 1 aliphatic rings. The van der Waals surface area contributed by atoms with Crippen LogP contribution in [0.4, 0.5) is 5.69 Å². The van der Waals surface area contributed by atoms with Crippen molar-refractivity contribution < 1.29 is 4.79 Å². The van der Waals surface area contributed by atoms with Crippen molar-refractivity contribution in [2.75, 3.05) is 11.9 Å². The second-order valence-corrected chi connectivity index (χ2v) is 5.92. The summed E-state index contributed by atoms with van der Waals surface area (Å²) in [4.78, 5) is 12.2. The number of amides is 1. The van der Waals surface area contributed by atoms with Crippen molar-refractivity contribution in [3.05, 3.63) is 27.8 Å². The molecule has 0 radical (unpaired) electrons. The second kappa shape index (κ2) is 6.73. The van der Waals surface area contributed by atoms with Gasteiger partial charge in [-0.2, -0.15) is 0 Å². The molecule has 3 nitrogen and oxygen atoms in total. The Morgan fingerprint density at radius 2 is 2.00 bits per heavy atom. The number of carbonyl (C=O) groups excluding carboxylic acids is 1. The number of hydrogen-bond donors (Lipinski definition) is 2. The molecule has 2 rings (SSSR count). The van der Waals surface area contributed by atoms with E-state index in [0.717, 1.165) is 31.5 Å². The van der Waals surface area contributed by atoms with Crippen LogP contribution >= 0.6 is 35.0 Å². The van der Waals surface area contributed by atoms with Gasteiger partial charge < -0.3 is 10.6 Å². The summed E-state index contributed by atoms with van der Waals surface area (Å²) in [6, 6.07) is 7.86. The van der Waals surface area contributed by atoms with Crippen molar-refractivity contribution in [3.8, 4) is 0 Å². The smallest absolute Gasteiger partial charge is 0.244 e. The van der Waals surface area contributed by atoms with Crippen molar-refractivity contribution in [3.63, 3.8) is 0 Å². The van der Waals surface area contributed by atoms with Crippen molar-refractivity contribution in [2.45, 2.75) is 31.7 Å². The zero-order chi connectivity index (χ0) is 12.3. The van der Waals surface area contributed by atoms with Crippen LogP contribution in [0.25, 0.3) is 0 Å². The third-order valence-corrected chi connectivity index (χ3v) is 3.94. The number of benzene rings is 1. The molecule has 0 aliphatic carbocycles. The van der Waals surface area contributed by atoms with Gasteiger partial charge in [-0.3, -0.25) is 4.79 Å². The van der Waals surface area contributed by atoms with Gasteiger partial charge in [-0.1, -0.05) is 0 Å². The van der Waals surface area contributed by atoms with Gasteiger partial charge in [0.25, 0.3) is 0 Å². The molecule has 0 spiro atoms. The highest BCUT2D eigenvalue weighted by Gasteiger charge is 2.34. The average molecular weight is 381 g/mol. The molecule has 18 heavy (non-hydrogen) atoms. The fourth-order valence-electron chi connectivity index (χ4n) is 2.05. The van der Waals surface area contributed by atoms with E-state index < -0.39 is 5.54 Å². The van der Waals surface area contributed by atoms with Crippen LogP contribution in [0.5, 0.6) is 0 Å². The number of hydrogen-bond acceptors (Lipinski definition) is 2. The van der Waals surface area contributed by atoms with Gasteiger partial charge >= 0.3 is 0 Å². The summed E-state index contributed by atoms with van der Waals surface area (Å²) in [7, 11) is 0. The molecule has 1 saturated heterocycles. The quantitative estimate of drug-likeness (QED) is 0.774. The van der Waals surface area contributed by atoms with Crippen LogP contribution in [-0.4, -0.2) is 18.0 Å². The molecule has 1 amide bonds. The molecule has 2 N–H and O–H groups in total. The fraction of sp³-hybridized carbons (Fsp3) is 0.462. The van der Waals surface area contributed by atoms with Crippen LogP contribution in [0.1, 0.15) is 26.2 Å². The molecule has 1 aromatic rings. The Balaban J connectivity index is 0.00000162. The van der Waals surface area contributed by atoms with E-state index >= 15 is 0 Å². The number of halogens is 2. The minimum absolute atomic E-state index is 0. The first-order valence-corrected chi connectivity index (χ1v) is 7.00. The number of anilines is 1. The van der Waals surface area contributed by atoms with E-state index in [1.807, 2.05) is 31.2 Å². The van der Waals surface area contributed by atoms with Gasteiger partial charge in [-0.25, -0.2) is 0 Å². The summed E-state index contributed by atoms with van der Waals surface area (Å²) >= 11 is 2.25. The Morgan fingerprint density at radius 1 is 1.33 bits per heavy atom. The molecule has 1 aliphatic heterocycles. The van der Waals surface area contributed by atoms with Gasteiger partial charge in [0.1, 0.15) is 0 Å². The Morgan fingerprint density at radius 3 is 2.56 bits per heavy atom. The third-order valence-electron chi connectivity index (χ3n) is 3.22. The van der Waals surface area contributed by atoms with Crippen LogP contribution in [-0.2, 0) is 4.79 Å². The molecule has 1 unspecified atom stereocenters. The SMILES string of the molecule is CC1(C(=O)Nc2ccc(I)cc2)CCCCN1.Cl. The molecule has 1 fully saturated rings. The summed E-state index contributed by atoms with van der Waals surface area (Å²) in [5, 5.41) is 6.29. The Labute approximate surface area is 128 Å². The van der Waals surface area contributed by atoms with E-state index in [-0.39, 0.29) is 18.3 Å². The largest absolute Gasteiger partial charge is 0.324 e. The molecular formula is C13H18ClIN2O. The lowest BCUT2D eigenvalue weighted by Gasteiger charge is -2.33. The predicted molar refractivity (Wildman–Crippen MR) is 85.3 cm³/mol. The fourth-order valence-corrected chi connectivity index (χ4v) is 2.41. The number of piperidine rings is 1. The normalized spacial score (nSPS) is 23.0. The van der Waals surface area contributed by atoms with Gasteiger partial charge in [-0.15, -0.1) is 12.4 Å². The summed E-state index contributed by atoms with van der Waals surface area (Å²) < 4.78 is 1.17. The predicted octanol–water partition coefficient (Wildman–Crippen LogP) is 3.18. The highest BCUT2D eigenvalue weighted by atomic mass is 127. The first-order chi connectivity index (χ1) is 8.10. The minimum atomic E-state index is -0.415. The number of carbonyl (C=O) groups is 1. The molecule has 1 atom stereocenters. The van der Waals surface area contributed by atoms with E-state index in [1.165, 1.54) is 3.57 Å². The van der Waals surface area contributed by atoms with Crippen LogP contribution < -0.4 is 10.6 Å². The Bertz CT molecular complexity index is 402. The van der Waals surface area contributed by atoms with Gasteiger partial charge in [0, 0.05) is 9.26 Å². The molecule has 0 bridgehead atoms. The first kappa shape index (κ1) is 15.7. The summed E-state index contributed by atoms with van der Waals surface area (Å²) in [5.74, 6) is 0.0680. The number of nitrogens with one attached hydrogen (secondary N) is 2. The van der Waals surface area contributed by atoms with E-state index in [2.05, 4.69) is 33.2 Å². The molecule has 100 valence electrons. The second-order valence-electron chi connectivity index (χ2n) is 4.68. The van der Waals surface area contributed by atoms with E-state index in [4.69, 9.17) is 0 Å². The maximum Gasteiger partial charge on any atom is 0.244 e. The summed E-state index contributed by atoms with van der Waals surface area (Å²) in [6.45, 7) is 2.91. The van der Waals surface area contributed by atoms with Crippen molar-refractivity contribution in [1.29, 1.82) is 0 Å². The number of rotatable bonds is 2. The zero-order valence-electron chi connectivity index (χ0n) is 10.3.